The highest BCUT2D eigenvalue weighted by Gasteiger charge is 2.13. The molecule has 2 heteroatoms. The molecule has 0 saturated carbocycles. The lowest BCUT2D eigenvalue weighted by atomic mass is 9.88. The predicted molar refractivity (Wildman–Crippen MR) is 50.9 cm³/mol. The second kappa shape index (κ2) is 6.44. The molecule has 12 heavy (non-hydrogen) atoms. The second-order valence-electron chi connectivity index (χ2n) is 3.94. The maximum Gasteiger partial charge on any atom is 0.0512 e. The lowest BCUT2D eigenvalue weighted by Gasteiger charge is -2.20. The average molecular weight is 174 g/mol. The van der Waals surface area contributed by atoms with Gasteiger partial charge in [-0.25, -0.2) is 0 Å². The molecule has 0 aromatic heterocycles. The minimum absolute atomic E-state index is 0.204. The highest BCUT2D eigenvalue weighted by Crippen LogP contribution is 2.21. The number of rotatable bonds is 6. The molecule has 74 valence electrons. The van der Waals surface area contributed by atoms with Crippen molar-refractivity contribution in [2.75, 3.05) is 6.61 Å². The first-order valence-electron chi connectivity index (χ1n) is 4.86. The van der Waals surface area contributed by atoms with Crippen LogP contribution in [0.1, 0.15) is 40.0 Å². The molecular formula is C10H22O2. The number of hydrogen-bond acceptors (Lipinski definition) is 2. The van der Waals surface area contributed by atoms with Crippen molar-refractivity contribution in [3.05, 3.63) is 0 Å². The van der Waals surface area contributed by atoms with Gasteiger partial charge in [-0.15, -0.1) is 0 Å². The fourth-order valence-corrected chi connectivity index (χ4v) is 1.43. The first-order valence-corrected chi connectivity index (χ1v) is 4.86. The van der Waals surface area contributed by atoms with Crippen LogP contribution in [-0.4, -0.2) is 22.9 Å². The van der Waals surface area contributed by atoms with Gasteiger partial charge in [-0.3, -0.25) is 0 Å². The third-order valence-electron chi connectivity index (χ3n) is 2.40. The second-order valence-corrected chi connectivity index (χ2v) is 3.94. The van der Waals surface area contributed by atoms with Crippen LogP contribution in [0.15, 0.2) is 0 Å². The Labute approximate surface area is 75.6 Å². The smallest absolute Gasteiger partial charge is 0.0512 e. The van der Waals surface area contributed by atoms with Crippen molar-refractivity contribution in [3.63, 3.8) is 0 Å². The lowest BCUT2D eigenvalue weighted by molar-refractivity contribution is 0.156. The Balaban J connectivity index is 3.63. The van der Waals surface area contributed by atoms with Crippen molar-refractivity contribution in [2.45, 2.75) is 46.1 Å². The molecule has 0 aliphatic heterocycles. The molecule has 2 nitrogen and oxygen atoms in total. The fourth-order valence-electron chi connectivity index (χ4n) is 1.43. The van der Waals surface area contributed by atoms with Crippen LogP contribution in [0.3, 0.4) is 0 Å². The molecule has 0 amide bonds. The van der Waals surface area contributed by atoms with E-state index >= 15 is 0 Å². The van der Waals surface area contributed by atoms with Crippen molar-refractivity contribution < 1.29 is 10.2 Å². The monoisotopic (exact) mass is 174 g/mol. The Morgan fingerprint density at radius 1 is 1.00 bits per heavy atom. The zero-order chi connectivity index (χ0) is 9.56. The van der Waals surface area contributed by atoms with E-state index in [1.165, 1.54) is 0 Å². The summed E-state index contributed by atoms with van der Waals surface area (Å²) in [5.41, 5.74) is 0. The van der Waals surface area contributed by atoms with Gasteiger partial charge in [0.15, 0.2) is 0 Å². The Kier molecular flexibility index (Phi) is 6.39. The van der Waals surface area contributed by atoms with Gasteiger partial charge in [-0.1, -0.05) is 13.8 Å². The summed E-state index contributed by atoms with van der Waals surface area (Å²) >= 11 is 0. The zero-order valence-electron chi connectivity index (χ0n) is 8.45. The number of hydrogen-bond donors (Lipinski definition) is 2. The summed E-state index contributed by atoms with van der Waals surface area (Å²) in [6.07, 6.45) is 2.54. The van der Waals surface area contributed by atoms with Crippen LogP contribution in [0.2, 0.25) is 0 Å². The minimum atomic E-state index is -0.204. The molecule has 0 aliphatic carbocycles. The Morgan fingerprint density at radius 2 is 1.58 bits per heavy atom. The van der Waals surface area contributed by atoms with Gasteiger partial charge < -0.3 is 10.2 Å². The van der Waals surface area contributed by atoms with Gasteiger partial charge >= 0.3 is 0 Å². The number of aliphatic hydroxyl groups excluding tert-OH is 2. The summed E-state index contributed by atoms with van der Waals surface area (Å²) in [5, 5.41) is 17.9. The molecule has 0 fully saturated rings. The fraction of sp³-hybridized carbons (Fsp3) is 1.00. The summed E-state index contributed by atoms with van der Waals surface area (Å²) < 4.78 is 0. The molecule has 2 N–H and O–H groups in total. The number of aliphatic hydroxyl groups is 2. The van der Waals surface area contributed by atoms with Crippen LogP contribution >= 0.6 is 0 Å². The van der Waals surface area contributed by atoms with Crippen LogP contribution in [-0.2, 0) is 0 Å². The summed E-state index contributed by atoms with van der Waals surface area (Å²) in [6, 6.07) is 0. The molecule has 0 rings (SSSR count). The summed E-state index contributed by atoms with van der Waals surface area (Å²) in [6.45, 7) is 6.42. The molecule has 0 spiro atoms. The largest absolute Gasteiger partial charge is 0.396 e. The van der Waals surface area contributed by atoms with E-state index in [1.807, 2.05) is 6.92 Å². The molecule has 0 heterocycles. The van der Waals surface area contributed by atoms with Crippen LogP contribution < -0.4 is 0 Å². The van der Waals surface area contributed by atoms with Crippen LogP contribution in [0.4, 0.5) is 0 Å². The van der Waals surface area contributed by atoms with Crippen LogP contribution in [0.5, 0.6) is 0 Å². The summed E-state index contributed by atoms with van der Waals surface area (Å²) in [7, 11) is 0. The summed E-state index contributed by atoms with van der Waals surface area (Å²) in [4.78, 5) is 0. The highest BCUT2D eigenvalue weighted by atomic mass is 16.3. The molecule has 0 aromatic rings. The Morgan fingerprint density at radius 3 is 1.92 bits per heavy atom. The molecule has 0 radical (unpaired) electrons. The van der Waals surface area contributed by atoms with E-state index in [0.29, 0.717) is 11.8 Å². The first-order chi connectivity index (χ1) is 5.57. The average Bonchev–Trinajstić information content (AvgIpc) is 1.96. The molecule has 0 aliphatic rings. The normalized spacial score (nSPS) is 16.5. The van der Waals surface area contributed by atoms with Gasteiger partial charge in [-0.05, 0) is 38.0 Å². The van der Waals surface area contributed by atoms with Crippen molar-refractivity contribution in [3.8, 4) is 0 Å². The Hall–Kier alpha value is -0.0800. The van der Waals surface area contributed by atoms with Crippen molar-refractivity contribution in [2.24, 2.45) is 11.8 Å². The first kappa shape index (κ1) is 11.9. The van der Waals surface area contributed by atoms with Gasteiger partial charge in [0.1, 0.15) is 0 Å². The molecule has 0 bridgehead atoms. The van der Waals surface area contributed by atoms with Crippen molar-refractivity contribution in [1.82, 2.24) is 0 Å². The van der Waals surface area contributed by atoms with Gasteiger partial charge in [0.2, 0.25) is 0 Å². The van der Waals surface area contributed by atoms with E-state index in [1.54, 1.807) is 0 Å². The third kappa shape index (κ3) is 5.56. The third-order valence-corrected chi connectivity index (χ3v) is 2.40. The standard InChI is InChI=1S/C10H22O2/c1-8(2)10(6-7-11)5-4-9(3)12/h8-12H,4-7H2,1-3H3/t9?,10-/m1/s1. The van der Waals surface area contributed by atoms with E-state index in [4.69, 9.17) is 10.2 Å². The van der Waals surface area contributed by atoms with Crippen molar-refractivity contribution in [1.29, 1.82) is 0 Å². The van der Waals surface area contributed by atoms with E-state index in [0.717, 1.165) is 19.3 Å². The van der Waals surface area contributed by atoms with E-state index in [-0.39, 0.29) is 12.7 Å². The SMILES string of the molecule is CC(O)CC[C@H](CCO)C(C)C. The van der Waals surface area contributed by atoms with Gasteiger partial charge in [-0.2, -0.15) is 0 Å². The maximum atomic E-state index is 9.09. The lowest BCUT2D eigenvalue weighted by Crippen LogP contribution is -2.13. The van der Waals surface area contributed by atoms with E-state index < -0.39 is 0 Å². The topological polar surface area (TPSA) is 40.5 Å². The molecular weight excluding hydrogens is 152 g/mol. The Bertz CT molecular complexity index is 100. The van der Waals surface area contributed by atoms with Crippen LogP contribution in [0.25, 0.3) is 0 Å². The molecule has 0 saturated heterocycles. The van der Waals surface area contributed by atoms with E-state index in [2.05, 4.69) is 13.8 Å². The highest BCUT2D eigenvalue weighted by molar-refractivity contribution is 4.64. The maximum absolute atomic E-state index is 9.09. The molecule has 2 atom stereocenters. The van der Waals surface area contributed by atoms with Gasteiger partial charge in [0, 0.05) is 6.61 Å². The zero-order valence-corrected chi connectivity index (χ0v) is 8.45. The minimum Gasteiger partial charge on any atom is -0.396 e. The molecule has 0 aromatic carbocycles. The summed E-state index contributed by atoms with van der Waals surface area (Å²) in [5.74, 6) is 1.17. The van der Waals surface area contributed by atoms with Crippen LogP contribution in [0, 0.1) is 11.8 Å². The van der Waals surface area contributed by atoms with E-state index in [9.17, 15) is 0 Å². The van der Waals surface area contributed by atoms with Gasteiger partial charge in [0.05, 0.1) is 6.10 Å². The predicted octanol–water partition coefficient (Wildman–Crippen LogP) is 1.80. The quantitative estimate of drug-likeness (QED) is 0.644. The molecule has 1 unspecified atom stereocenters. The van der Waals surface area contributed by atoms with Crippen molar-refractivity contribution >= 4 is 0 Å². The van der Waals surface area contributed by atoms with Gasteiger partial charge in [0.25, 0.3) is 0 Å².